The first-order chi connectivity index (χ1) is 9.37. The van der Waals surface area contributed by atoms with Crippen molar-refractivity contribution in [2.75, 3.05) is 40.3 Å². The lowest BCUT2D eigenvalue weighted by Crippen LogP contribution is -2.62. The summed E-state index contributed by atoms with van der Waals surface area (Å²) in [5, 5.41) is 13.0. The van der Waals surface area contributed by atoms with Crippen LogP contribution in [0.1, 0.15) is 33.6 Å². The number of carboxylic acid groups (broad SMARTS) is 1. The molecule has 1 aliphatic rings. The molecular formula is C15H31N3O2. The molecule has 0 amide bonds. The first-order valence-corrected chi connectivity index (χ1v) is 7.74. The normalized spacial score (nSPS) is 20.1. The van der Waals surface area contributed by atoms with E-state index >= 15 is 0 Å². The fourth-order valence-corrected chi connectivity index (χ4v) is 3.08. The van der Waals surface area contributed by atoms with Crippen LogP contribution in [-0.4, -0.2) is 72.7 Å². The van der Waals surface area contributed by atoms with Gasteiger partial charge in [0.15, 0.2) is 0 Å². The molecule has 0 heterocycles. The summed E-state index contributed by atoms with van der Waals surface area (Å²) in [7, 11) is 4.11. The van der Waals surface area contributed by atoms with Crippen molar-refractivity contribution in [1.82, 2.24) is 15.1 Å². The van der Waals surface area contributed by atoms with E-state index in [0.717, 1.165) is 25.9 Å². The second kappa shape index (κ2) is 7.38. The van der Waals surface area contributed by atoms with Gasteiger partial charge in [0.25, 0.3) is 0 Å². The van der Waals surface area contributed by atoms with Gasteiger partial charge in [-0.05, 0) is 52.9 Å². The van der Waals surface area contributed by atoms with Crippen LogP contribution in [0.4, 0.5) is 0 Å². The first-order valence-electron chi connectivity index (χ1n) is 7.74. The predicted octanol–water partition coefficient (Wildman–Crippen LogP) is 1.10. The molecule has 2 N–H and O–H groups in total. The summed E-state index contributed by atoms with van der Waals surface area (Å²) in [4.78, 5) is 16.3. The van der Waals surface area contributed by atoms with E-state index in [4.69, 9.17) is 0 Å². The Labute approximate surface area is 123 Å². The van der Waals surface area contributed by atoms with Crippen molar-refractivity contribution in [3.63, 3.8) is 0 Å². The molecule has 0 spiro atoms. The van der Waals surface area contributed by atoms with Crippen LogP contribution in [0.3, 0.4) is 0 Å². The van der Waals surface area contributed by atoms with E-state index in [1.54, 1.807) is 0 Å². The van der Waals surface area contributed by atoms with Gasteiger partial charge in [-0.3, -0.25) is 9.69 Å². The summed E-state index contributed by atoms with van der Waals surface area (Å²) in [5.74, 6) is -0.419. The molecule has 0 radical (unpaired) electrons. The molecule has 1 saturated carbocycles. The first kappa shape index (κ1) is 17.4. The van der Waals surface area contributed by atoms with Gasteiger partial charge in [-0.1, -0.05) is 13.8 Å². The quantitative estimate of drug-likeness (QED) is 0.629. The summed E-state index contributed by atoms with van der Waals surface area (Å²) in [6.45, 7) is 9.38. The monoisotopic (exact) mass is 285 g/mol. The van der Waals surface area contributed by atoms with E-state index < -0.39 is 11.5 Å². The highest BCUT2D eigenvalue weighted by Crippen LogP contribution is 2.40. The smallest absolute Gasteiger partial charge is 0.325 e. The number of aliphatic carboxylic acids is 1. The van der Waals surface area contributed by atoms with Crippen molar-refractivity contribution >= 4 is 5.97 Å². The molecule has 0 bridgehead atoms. The van der Waals surface area contributed by atoms with Gasteiger partial charge >= 0.3 is 5.97 Å². The number of hydrogen-bond acceptors (Lipinski definition) is 4. The minimum atomic E-state index is -0.772. The summed E-state index contributed by atoms with van der Waals surface area (Å²) < 4.78 is 0. The molecular weight excluding hydrogens is 254 g/mol. The predicted molar refractivity (Wildman–Crippen MR) is 82.0 cm³/mol. The van der Waals surface area contributed by atoms with Crippen molar-refractivity contribution < 1.29 is 9.90 Å². The summed E-state index contributed by atoms with van der Waals surface area (Å²) in [6.07, 6.45) is 2.05. The molecule has 1 aliphatic carbocycles. The zero-order valence-corrected chi connectivity index (χ0v) is 13.6. The average Bonchev–Trinajstić information content (AvgIpc) is 3.17. The number of nitrogens with one attached hydrogen (secondary N) is 1. The fourth-order valence-electron chi connectivity index (χ4n) is 3.08. The summed E-state index contributed by atoms with van der Waals surface area (Å²) >= 11 is 0. The van der Waals surface area contributed by atoms with Crippen molar-refractivity contribution in [3.8, 4) is 0 Å². The van der Waals surface area contributed by atoms with E-state index in [2.05, 4.69) is 43.1 Å². The van der Waals surface area contributed by atoms with Crippen LogP contribution < -0.4 is 5.32 Å². The van der Waals surface area contributed by atoms with Crippen LogP contribution in [-0.2, 0) is 4.79 Å². The van der Waals surface area contributed by atoms with Gasteiger partial charge in [0.2, 0.25) is 0 Å². The van der Waals surface area contributed by atoms with Crippen molar-refractivity contribution in [2.24, 2.45) is 5.92 Å². The SMILES string of the molecule is CCNC(CN(CC)C(C)CN(C)C)(C(=O)O)C1CC1. The maximum atomic E-state index is 11.9. The van der Waals surface area contributed by atoms with E-state index in [1.807, 2.05) is 6.92 Å². The minimum Gasteiger partial charge on any atom is -0.480 e. The van der Waals surface area contributed by atoms with Gasteiger partial charge in [-0.25, -0.2) is 0 Å². The topological polar surface area (TPSA) is 55.8 Å². The number of rotatable bonds is 10. The lowest BCUT2D eigenvalue weighted by molar-refractivity contribution is -0.147. The molecule has 2 atom stereocenters. The zero-order valence-electron chi connectivity index (χ0n) is 13.6. The van der Waals surface area contributed by atoms with Crippen LogP contribution in [0, 0.1) is 5.92 Å². The third kappa shape index (κ3) is 4.17. The molecule has 0 aromatic carbocycles. The van der Waals surface area contributed by atoms with Crippen molar-refractivity contribution in [2.45, 2.75) is 45.2 Å². The van der Waals surface area contributed by atoms with Crippen LogP contribution >= 0.6 is 0 Å². The zero-order chi connectivity index (χ0) is 15.3. The fraction of sp³-hybridized carbons (Fsp3) is 0.933. The van der Waals surface area contributed by atoms with Gasteiger partial charge in [-0.15, -0.1) is 0 Å². The number of nitrogens with zero attached hydrogens (tertiary/aromatic N) is 2. The number of likely N-dealkylation sites (N-methyl/N-ethyl adjacent to an activating group) is 3. The van der Waals surface area contributed by atoms with Gasteiger partial charge in [0, 0.05) is 19.1 Å². The average molecular weight is 285 g/mol. The van der Waals surface area contributed by atoms with E-state index in [9.17, 15) is 9.90 Å². The Balaban J connectivity index is 2.83. The Morgan fingerprint density at radius 2 is 2.00 bits per heavy atom. The lowest BCUT2D eigenvalue weighted by atomic mass is 9.91. The molecule has 0 aromatic heterocycles. The van der Waals surface area contributed by atoms with Crippen LogP contribution in [0.15, 0.2) is 0 Å². The lowest BCUT2D eigenvalue weighted by Gasteiger charge is -2.39. The molecule has 0 saturated heterocycles. The van der Waals surface area contributed by atoms with Crippen LogP contribution in [0.2, 0.25) is 0 Å². The summed E-state index contributed by atoms with van der Waals surface area (Å²) in [6, 6.07) is 0.353. The number of carboxylic acids is 1. The Hall–Kier alpha value is -0.650. The molecule has 5 heteroatoms. The maximum Gasteiger partial charge on any atom is 0.325 e. The van der Waals surface area contributed by atoms with E-state index in [-0.39, 0.29) is 5.92 Å². The Bertz CT molecular complexity index is 318. The molecule has 2 unspecified atom stereocenters. The Morgan fingerprint density at radius 3 is 2.35 bits per heavy atom. The largest absolute Gasteiger partial charge is 0.480 e. The molecule has 20 heavy (non-hydrogen) atoms. The Morgan fingerprint density at radius 1 is 1.40 bits per heavy atom. The second-order valence-corrected chi connectivity index (χ2v) is 6.26. The highest BCUT2D eigenvalue weighted by molar-refractivity contribution is 5.80. The third-order valence-corrected chi connectivity index (χ3v) is 4.26. The summed E-state index contributed by atoms with van der Waals surface area (Å²) in [5.41, 5.74) is -0.772. The number of carbonyl (C=O) groups is 1. The third-order valence-electron chi connectivity index (χ3n) is 4.26. The van der Waals surface area contributed by atoms with Gasteiger partial charge in [0.1, 0.15) is 5.54 Å². The number of hydrogen-bond donors (Lipinski definition) is 2. The standard InChI is InChI=1S/C15H31N3O2/c1-6-16-15(14(19)20,13-8-9-13)11-18(7-2)12(3)10-17(4)5/h12-13,16H,6-11H2,1-5H3,(H,19,20). The van der Waals surface area contributed by atoms with Crippen LogP contribution in [0.5, 0.6) is 0 Å². The highest BCUT2D eigenvalue weighted by atomic mass is 16.4. The van der Waals surface area contributed by atoms with Gasteiger partial charge in [-0.2, -0.15) is 0 Å². The van der Waals surface area contributed by atoms with Crippen molar-refractivity contribution in [1.29, 1.82) is 0 Å². The second-order valence-electron chi connectivity index (χ2n) is 6.26. The van der Waals surface area contributed by atoms with E-state index in [1.165, 1.54) is 0 Å². The van der Waals surface area contributed by atoms with Crippen molar-refractivity contribution in [3.05, 3.63) is 0 Å². The molecule has 1 fully saturated rings. The molecule has 0 aromatic rings. The molecule has 1 rings (SSSR count). The van der Waals surface area contributed by atoms with Gasteiger partial charge < -0.3 is 15.3 Å². The maximum absolute atomic E-state index is 11.9. The molecule has 118 valence electrons. The van der Waals surface area contributed by atoms with E-state index in [0.29, 0.717) is 19.1 Å². The highest BCUT2D eigenvalue weighted by Gasteiger charge is 2.51. The van der Waals surface area contributed by atoms with Gasteiger partial charge in [0.05, 0.1) is 0 Å². The van der Waals surface area contributed by atoms with Crippen LogP contribution in [0.25, 0.3) is 0 Å². The minimum absolute atomic E-state index is 0.278. The Kier molecular flexibility index (Phi) is 6.43. The molecule has 5 nitrogen and oxygen atoms in total. The molecule has 0 aliphatic heterocycles.